The second-order valence-electron chi connectivity index (χ2n) is 0.519. The molecule has 0 rings (SSSR count). The van der Waals surface area contributed by atoms with E-state index in [9.17, 15) is 4.79 Å². The van der Waals surface area contributed by atoms with Gasteiger partial charge in [-0.3, -0.25) is 0 Å². The molecule has 8 heavy (non-hydrogen) atoms. The van der Waals surface area contributed by atoms with Crippen molar-refractivity contribution in [1.82, 2.24) is 0 Å². The predicted molar refractivity (Wildman–Crippen MR) is 32.8 cm³/mol. The van der Waals surface area contributed by atoms with Crippen molar-refractivity contribution in [2.45, 2.75) is 0 Å². The Labute approximate surface area is 55.8 Å². The summed E-state index contributed by atoms with van der Waals surface area (Å²) in [5, 5.41) is 7.66. The van der Waals surface area contributed by atoms with E-state index in [0.717, 1.165) is 0 Å². The highest BCUT2D eigenvalue weighted by Gasteiger charge is 1.87. The molecule has 0 unspecified atom stereocenters. The monoisotopic (exact) mass is 180 g/mol. The first-order valence-corrected chi connectivity index (χ1v) is 2.64. The second-order valence-corrected chi connectivity index (χ2v) is 0.977. The largest absolute Gasteiger partial charge is 0.506 e. The highest BCUT2D eigenvalue weighted by atomic mass is 79.9. The molecule has 46 valence electrons. The molecule has 0 fully saturated rings. The lowest BCUT2D eigenvalue weighted by Crippen LogP contribution is -1.95. The molecule has 0 atom stereocenters. The minimum atomic E-state index is -1.26. The average molecular weight is 181 g/mol. The van der Waals surface area contributed by atoms with E-state index >= 15 is 0 Å². The Morgan fingerprint density at radius 1 is 1.75 bits per heavy atom. The summed E-state index contributed by atoms with van der Waals surface area (Å²) in [5.74, 6) is 0. The van der Waals surface area contributed by atoms with Crippen LogP contribution in [0.4, 0.5) is 4.79 Å². The normalized spacial score (nSPS) is 5.88. The molecule has 0 aliphatic rings. The number of hydrogen-bond donors (Lipinski definition) is 1. The molecule has 0 heterocycles. The quantitative estimate of drug-likeness (QED) is 0.376. The summed E-state index contributed by atoms with van der Waals surface area (Å²) in [6.45, 7) is 0. The molecule has 0 aliphatic carbocycles. The van der Waals surface area contributed by atoms with Gasteiger partial charge in [0.05, 0.1) is 0 Å². The lowest BCUT2D eigenvalue weighted by atomic mass is 11.4. The molecule has 3 nitrogen and oxygen atoms in total. The van der Waals surface area contributed by atoms with Crippen molar-refractivity contribution >= 4 is 22.1 Å². The lowest BCUT2D eigenvalue weighted by molar-refractivity contribution is 0.110. The Balaban J connectivity index is 0. The van der Waals surface area contributed by atoms with Gasteiger partial charge in [0.2, 0.25) is 0 Å². The fourth-order valence-corrected chi connectivity index (χ4v) is 0.243. The third-order valence-electron chi connectivity index (χ3n) is 0.178. The van der Waals surface area contributed by atoms with Gasteiger partial charge in [0.15, 0.2) is 0 Å². The van der Waals surface area contributed by atoms with Crippen LogP contribution in [0.2, 0.25) is 0 Å². The molecule has 0 saturated carbocycles. The molecule has 4 heteroatoms. The maximum Gasteiger partial charge on any atom is 0.506 e. The first kappa shape index (κ1) is 10.3. The van der Waals surface area contributed by atoms with Crippen molar-refractivity contribution in [3.05, 3.63) is 0 Å². The number of alkyl halides is 1. The van der Waals surface area contributed by atoms with Gasteiger partial charge >= 0.3 is 6.16 Å². The highest BCUT2D eigenvalue weighted by Crippen LogP contribution is 1.80. The number of ether oxygens (including phenoxy) is 1. The summed E-state index contributed by atoms with van der Waals surface area (Å²) in [7, 11) is 0. The molecule has 0 spiro atoms. The summed E-state index contributed by atoms with van der Waals surface area (Å²) in [5.41, 5.74) is 0.0440. The fourth-order valence-electron chi connectivity index (χ4n) is 0.0467. The van der Waals surface area contributed by atoms with Gasteiger partial charge in [0, 0.05) is 0 Å². The van der Waals surface area contributed by atoms with E-state index in [-0.39, 0.29) is 5.52 Å². The van der Waals surface area contributed by atoms with Crippen LogP contribution in [-0.2, 0) is 4.74 Å². The minimum absolute atomic E-state index is 0.0440. The van der Waals surface area contributed by atoms with E-state index in [1.807, 2.05) is 0 Å². The topological polar surface area (TPSA) is 46.5 Å². The van der Waals surface area contributed by atoms with Crippen LogP contribution < -0.4 is 0 Å². The molecule has 1 N–H and O–H groups in total. The highest BCUT2D eigenvalue weighted by molar-refractivity contribution is 9.09. The standard InChI is InChI=1S/C2H3BrO3.C2H2/c3-1-6-2(4)5;1-2/h1H2,(H,4,5);1-2H. The first-order valence-electron chi connectivity index (χ1n) is 1.52. The molecule has 0 radical (unpaired) electrons. The second kappa shape index (κ2) is 9.58. The molecule has 0 amide bonds. The van der Waals surface area contributed by atoms with Crippen molar-refractivity contribution in [3.8, 4) is 12.8 Å². The number of hydrogen-bond acceptors (Lipinski definition) is 2. The Kier molecular flexibility index (Phi) is 12.4. The lowest BCUT2D eigenvalue weighted by Gasteiger charge is -1.85. The average Bonchev–Trinajstić information content (AvgIpc) is 1.72. The van der Waals surface area contributed by atoms with E-state index in [1.165, 1.54) is 0 Å². The van der Waals surface area contributed by atoms with Crippen LogP contribution in [-0.4, -0.2) is 16.8 Å². The van der Waals surface area contributed by atoms with Gasteiger partial charge in [0.25, 0.3) is 0 Å². The number of carbonyl (C=O) groups is 1. The Morgan fingerprint density at radius 3 is 2.12 bits per heavy atom. The maximum atomic E-state index is 9.35. The molecule has 0 saturated heterocycles. The van der Waals surface area contributed by atoms with E-state index in [2.05, 4.69) is 33.5 Å². The maximum absolute atomic E-state index is 9.35. The van der Waals surface area contributed by atoms with Crippen molar-refractivity contribution in [2.24, 2.45) is 0 Å². The third kappa shape index (κ3) is 18.5. The van der Waals surface area contributed by atoms with Crippen LogP contribution in [0.15, 0.2) is 0 Å². The number of terminal acetylenes is 1. The predicted octanol–water partition coefficient (Wildman–Crippen LogP) is 1.28. The van der Waals surface area contributed by atoms with Gasteiger partial charge in [0.1, 0.15) is 5.52 Å². The van der Waals surface area contributed by atoms with Gasteiger partial charge in [-0.1, -0.05) is 0 Å². The number of rotatable bonds is 1. The SMILES string of the molecule is C#C.O=C(O)OCBr. The van der Waals surface area contributed by atoms with Crippen LogP contribution in [0.5, 0.6) is 0 Å². The van der Waals surface area contributed by atoms with Crippen LogP contribution in [0, 0.1) is 12.8 Å². The molecule has 0 aromatic heterocycles. The zero-order valence-corrected chi connectivity index (χ0v) is 5.59. The summed E-state index contributed by atoms with van der Waals surface area (Å²) in [6, 6.07) is 0. The van der Waals surface area contributed by atoms with E-state index in [4.69, 9.17) is 5.11 Å². The molecule has 0 bridgehead atoms. The Bertz CT molecular complexity index is 78.6. The first-order chi connectivity index (χ1) is 3.77. The zero-order chi connectivity index (χ0) is 6.99. The Morgan fingerprint density at radius 2 is 2.12 bits per heavy atom. The van der Waals surface area contributed by atoms with Crippen molar-refractivity contribution in [1.29, 1.82) is 0 Å². The summed E-state index contributed by atoms with van der Waals surface area (Å²) in [6.07, 6.45) is 6.74. The van der Waals surface area contributed by atoms with Gasteiger partial charge in [-0.05, 0) is 15.9 Å². The summed E-state index contributed by atoms with van der Waals surface area (Å²) >= 11 is 2.75. The number of halogens is 1. The van der Waals surface area contributed by atoms with Crippen LogP contribution >= 0.6 is 15.9 Å². The molecule has 0 aliphatic heterocycles. The smallest absolute Gasteiger partial charge is 0.450 e. The van der Waals surface area contributed by atoms with Gasteiger partial charge in [-0.15, -0.1) is 12.8 Å². The molecule has 0 aromatic carbocycles. The fraction of sp³-hybridized carbons (Fsp3) is 0.250. The summed E-state index contributed by atoms with van der Waals surface area (Å²) in [4.78, 5) is 9.35. The zero-order valence-electron chi connectivity index (χ0n) is 4.00. The number of carboxylic acid groups (broad SMARTS) is 1. The minimum Gasteiger partial charge on any atom is -0.450 e. The van der Waals surface area contributed by atoms with Crippen molar-refractivity contribution in [3.63, 3.8) is 0 Å². The van der Waals surface area contributed by atoms with Gasteiger partial charge in [-0.2, -0.15) is 0 Å². The van der Waals surface area contributed by atoms with Crippen molar-refractivity contribution in [2.75, 3.05) is 5.52 Å². The van der Waals surface area contributed by atoms with Crippen molar-refractivity contribution < 1.29 is 14.6 Å². The van der Waals surface area contributed by atoms with Gasteiger partial charge in [-0.25, -0.2) is 4.79 Å². The molecular weight excluding hydrogens is 176 g/mol. The third-order valence-corrected chi connectivity index (χ3v) is 0.407. The van der Waals surface area contributed by atoms with Crippen LogP contribution in [0.1, 0.15) is 0 Å². The van der Waals surface area contributed by atoms with Gasteiger partial charge < -0.3 is 9.84 Å². The molecule has 0 aromatic rings. The Hall–Kier alpha value is -0.690. The summed E-state index contributed by atoms with van der Waals surface area (Å²) < 4.78 is 3.88. The van der Waals surface area contributed by atoms with E-state index in [1.54, 1.807) is 0 Å². The van der Waals surface area contributed by atoms with Crippen LogP contribution in [0.3, 0.4) is 0 Å². The molecular formula is C4H5BrO3. The van der Waals surface area contributed by atoms with E-state index in [0.29, 0.717) is 0 Å². The van der Waals surface area contributed by atoms with E-state index < -0.39 is 6.16 Å². The van der Waals surface area contributed by atoms with Crippen LogP contribution in [0.25, 0.3) is 0 Å².